The topological polar surface area (TPSA) is 15.3 Å². The summed E-state index contributed by atoms with van der Waals surface area (Å²) in [6, 6.07) is 0.641. The molecule has 0 saturated heterocycles. The summed E-state index contributed by atoms with van der Waals surface area (Å²) in [5.74, 6) is 0.763. The maximum Gasteiger partial charge on any atom is 0.0189 e. The molecule has 11 heavy (non-hydrogen) atoms. The highest BCUT2D eigenvalue weighted by Gasteiger charge is 2.08. The van der Waals surface area contributed by atoms with Crippen LogP contribution in [0.3, 0.4) is 0 Å². The van der Waals surface area contributed by atoms with E-state index in [1.54, 1.807) is 0 Å². The molecule has 2 heteroatoms. The van der Waals surface area contributed by atoms with Crippen molar-refractivity contribution in [1.29, 1.82) is 0 Å². The largest absolute Gasteiger partial charge is 0.318 e. The van der Waals surface area contributed by atoms with Gasteiger partial charge in [0.2, 0.25) is 0 Å². The minimum absolute atomic E-state index is 0.641. The summed E-state index contributed by atoms with van der Waals surface area (Å²) in [7, 11) is 4.18. The van der Waals surface area contributed by atoms with Crippen molar-refractivity contribution in [3.05, 3.63) is 0 Å². The fourth-order valence-corrected chi connectivity index (χ4v) is 1.21. The summed E-state index contributed by atoms with van der Waals surface area (Å²) >= 11 is 0. The second kappa shape index (κ2) is 5.56. The molecule has 2 nitrogen and oxygen atoms in total. The summed E-state index contributed by atoms with van der Waals surface area (Å²) in [5.41, 5.74) is 0. The average molecular weight is 158 g/mol. The van der Waals surface area contributed by atoms with Crippen molar-refractivity contribution in [1.82, 2.24) is 10.2 Å². The molecule has 0 aromatic heterocycles. The van der Waals surface area contributed by atoms with Gasteiger partial charge in [-0.2, -0.15) is 0 Å². The molecule has 0 saturated carbocycles. The van der Waals surface area contributed by atoms with Gasteiger partial charge in [0, 0.05) is 19.1 Å². The van der Waals surface area contributed by atoms with E-state index in [4.69, 9.17) is 0 Å². The molecule has 0 heterocycles. The molecule has 1 unspecified atom stereocenters. The van der Waals surface area contributed by atoms with E-state index >= 15 is 0 Å². The number of hydrogen-bond acceptors (Lipinski definition) is 2. The lowest BCUT2D eigenvalue weighted by molar-refractivity contribution is 0.228. The van der Waals surface area contributed by atoms with Crippen LogP contribution in [-0.2, 0) is 0 Å². The Morgan fingerprint density at radius 2 is 1.82 bits per heavy atom. The molecule has 0 aliphatic heterocycles. The Kier molecular flexibility index (Phi) is 5.51. The first-order chi connectivity index (χ1) is 5.07. The van der Waals surface area contributed by atoms with Gasteiger partial charge in [-0.25, -0.2) is 0 Å². The zero-order valence-electron chi connectivity index (χ0n) is 8.52. The maximum atomic E-state index is 3.18. The molecule has 0 amide bonds. The average Bonchev–Trinajstić information content (AvgIpc) is 1.86. The van der Waals surface area contributed by atoms with Crippen molar-refractivity contribution in [3.8, 4) is 0 Å². The highest BCUT2D eigenvalue weighted by molar-refractivity contribution is 4.65. The van der Waals surface area contributed by atoms with Crippen LogP contribution in [0.5, 0.6) is 0 Å². The number of likely N-dealkylation sites (N-methyl/N-ethyl adjacent to an activating group) is 2. The molecule has 0 fully saturated rings. The fraction of sp³-hybridized carbons (Fsp3) is 1.00. The molecule has 0 aromatic rings. The number of nitrogens with one attached hydrogen (secondary N) is 1. The van der Waals surface area contributed by atoms with Gasteiger partial charge >= 0.3 is 0 Å². The van der Waals surface area contributed by atoms with Crippen LogP contribution in [0.1, 0.15) is 20.8 Å². The normalized spacial score (nSPS) is 14.5. The van der Waals surface area contributed by atoms with Crippen molar-refractivity contribution in [2.45, 2.75) is 26.8 Å². The van der Waals surface area contributed by atoms with Crippen molar-refractivity contribution in [2.24, 2.45) is 5.92 Å². The van der Waals surface area contributed by atoms with Gasteiger partial charge in [0.1, 0.15) is 0 Å². The number of hydrogen-bond donors (Lipinski definition) is 1. The Hall–Kier alpha value is -0.0800. The van der Waals surface area contributed by atoms with Gasteiger partial charge in [-0.3, -0.25) is 0 Å². The zero-order chi connectivity index (χ0) is 8.85. The van der Waals surface area contributed by atoms with E-state index in [0.717, 1.165) is 12.5 Å². The molecule has 0 bridgehead atoms. The van der Waals surface area contributed by atoms with Crippen LogP contribution in [0.4, 0.5) is 0 Å². The number of rotatable bonds is 5. The molecule has 0 aliphatic carbocycles. The third kappa shape index (κ3) is 5.22. The highest BCUT2D eigenvalue weighted by atomic mass is 15.1. The van der Waals surface area contributed by atoms with Gasteiger partial charge < -0.3 is 10.2 Å². The second-order valence-electron chi connectivity index (χ2n) is 3.74. The number of nitrogens with zero attached hydrogens (tertiary/aromatic N) is 1. The van der Waals surface area contributed by atoms with Gasteiger partial charge in [0.05, 0.1) is 0 Å². The molecular weight excluding hydrogens is 136 g/mol. The molecule has 0 aliphatic rings. The summed E-state index contributed by atoms with van der Waals surface area (Å²) in [6.07, 6.45) is 0. The quantitative estimate of drug-likeness (QED) is 0.646. The molecule has 1 atom stereocenters. The summed E-state index contributed by atoms with van der Waals surface area (Å²) < 4.78 is 0. The van der Waals surface area contributed by atoms with Crippen molar-refractivity contribution in [3.63, 3.8) is 0 Å². The second-order valence-corrected chi connectivity index (χ2v) is 3.74. The van der Waals surface area contributed by atoms with E-state index < -0.39 is 0 Å². The zero-order valence-corrected chi connectivity index (χ0v) is 8.52. The van der Waals surface area contributed by atoms with E-state index in [1.807, 2.05) is 7.05 Å². The monoisotopic (exact) mass is 158 g/mol. The van der Waals surface area contributed by atoms with E-state index in [1.165, 1.54) is 6.54 Å². The Labute approximate surface area is 71.0 Å². The molecular formula is C9H22N2. The lowest BCUT2D eigenvalue weighted by Gasteiger charge is -2.25. The van der Waals surface area contributed by atoms with E-state index in [9.17, 15) is 0 Å². The fourth-order valence-electron chi connectivity index (χ4n) is 1.21. The molecule has 0 rings (SSSR count). The predicted molar refractivity (Wildman–Crippen MR) is 50.9 cm³/mol. The lowest BCUT2D eigenvalue weighted by Crippen LogP contribution is -2.38. The minimum atomic E-state index is 0.641. The van der Waals surface area contributed by atoms with Gasteiger partial charge in [0.25, 0.3) is 0 Å². The Morgan fingerprint density at radius 3 is 2.18 bits per heavy atom. The SMILES string of the molecule is CNCC(C)N(C)CC(C)C. The minimum Gasteiger partial charge on any atom is -0.318 e. The van der Waals surface area contributed by atoms with Crippen LogP contribution < -0.4 is 5.32 Å². The maximum absolute atomic E-state index is 3.18. The lowest BCUT2D eigenvalue weighted by atomic mass is 10.2. The highest BCUT2D eigenvalue weighted by Crippen LogP contribution is 1.99. The van der Waals surface area contributed by atoms with Crippen molar-refractivity contribution >= 4 is 0 Å². The van der Waals surface area contributed by atoms with Crippen LogP contribution in [-0.4, -0.2) is 38.1 Å². The van der Waals surface area contributed by atoms with Crippen LogP contribution in [0.15, 0.2) is 0 Å². The molecule has 0 radical (unpaired) electrons. The first kappa shape index (κ1) is 10.9. The van der Waals surface area contributed by atoms with E-state index in [0.29, 0.717) is 6.04 Å². The van der Waals surface area contributed by atoms with Gasteiger partial charge in [-0.1, -0.05) is 13.8 Å². The van der Waals surface area contributed by atoms with Crippen LogP contribution in [0.25, 0.3) is 0 Å². The molecule has 68 valence electrons. The first-order valence-electron chi connectivity index (χ1n) is 4.42. The molecule has 1 N–H and O–H groups in total. The molecule has 0 spiro atoms. The van der Waals surface area contributed by atoms with Crippen molar-refractivity contribution in [2.75, 3.05) is 27.2 Å². The Bertz CT molecular complexity index is 91.6. The summed E-state index contributed by atoms with van der Waals surface area (Å²) in [6.45, 7) is 9.01. The van der Waals surface area contributed by atoms with Crippen LogP contribution >= 0.6 is 0 Å². The van der Waals surface area contributed by atoms with Gasteiger partial charge in [-0.15, -0.1) is 0 Å². The van der Waals surface area contributed by atoms with Crippen molar-refractivity contribution < 1.29 is 0 Å². The summed E-state index contributed by atoms with van der Waals surface area (Å²) in [4.78, 5) is 2.39. The van der Waals surface area contributed by atoms with Crippen LogP contribution in [0.2, 0.25) is 0 Å². The predicted octanol–water partition coefficient (Wildman–Crippen LogP) is 1.18. The summed E-state index contributed by atoms with van der Waals surface area (Å²) in [5, 5.41) is 3.18. The molecule has 0 aromatic carbocycles. The third-order valence-corrected chi connectivity index (χ3v) is 1.91. The first-order valence-corrected chi connectivity index (χ1v) is 4.42. The van der Waals surface area contributed by atoms with Gasteiger partial charge in [0.15, 0.2) is 0 Å². The smallest absolute Gasteiger partial charge is 0.0189 e. The van der Waals surface area contributed by atoms with Crippen LogP contribution in [0, 0.1) is 5.92 Å². The van der Waals surface area contributed by atoms with Gasteiger partial charge in [-0.05, 0) is 26.9 Å². The Morgan fingerprint density at radius 1 is 1.27 bits per heavy atom. The third-order valence-electron chi connectivity index (χ3n) is 1.91. The Balaban J connectivity index is 3.54. The standard InChI is InChI=1S/C9H22N2/c1-8(2)7-11(5)9(3)6-10-4/h8-10H,6-7H2,1-5H3. The van der Waals surface area contributed by atoms with E-state index in [2.05, 4.69) is 38.0 Å². The van der Waals surface area contributed by atoms with E-state index in [-0.39, 0.29) is 0 Å².